The summed E-state index contributed by atoms with van der Waals surface area (Å²) in [7, 11) is 0. The quantitative estimate of drug-likeness (QED) is 0.804. The highest BCUT2D eigenvalue weighted by molar-refractivity contribution is 5.82. The van der Waals surface area contributed by atoms with Gasteiger partial charge in [0.15, 0.2) is 11.5 Å². The van der Waals surface area contributed by atoms with Gasteiger partial charge >= 0.3 is 0 Å². The van der Waals surface area contributed by atoms with E-state index in [0.29, 0.717) is 12.0 Å². The number of fused-ring (bicyclic) bond motifs is 1. The zero-order chi connectivity index (χ0) is 15.8. The van der Waals surface area contributed by atoms with Gasteiger partial charge in [-0.2, -0.15) is 0 Å². The van der Waals surface area contributed by atoms with Gasteiger partial charge in [0.25, 0.3) is 0 Å². The number of rotatable bonds is 3. The summed E-state index contributed by atoms with van der Waals surface area (Å²) in [5, 5.41) is 0. The van der Waals surface area contributed by atoms with Gasteiger partial charge in [0.2, 0.25) is 0 Å². The van der Waals surface area contributed by atoms with Gasteiger partial charge in [-0.3, -0.25) is 0 Å². The van der Waals surface area contributed by atoms with Gasteiger partial charge in [0, 0.05) is 37.4 Å². The predicted octanol–water partition coefficient (Wildman–Crippen LogP) is 2.51. The summed E-state index contributed by atoms with van der Waals surface area (Å²) in [4.78, 5) is 23.0. The van der Waals surface area contributed by atoms with Crippen LogP contribution in [0.4, 0.5) is 5.82 Å². The molecule has 1 aliphatic rings. The first kappa shape index (κ1) is 14.2. The van der Waals surface area contributed by atoms with E-state index in [1.807, 2.05) is 6.20 Å². The lowest BCUT2D eigenvalue weighted by molar-refractivity contribution is 0.454. The lowest BCUT2D eigenvalue weighted by Crippen LogP contribution is -2.36. The van der Waals surface area contributed by atoms with Crippen LogP contribution in [0.1, 0.15) is 44.5 Å². The molecule has 0 aromatic carbocycles. The first-order valence-corrected chi connectivity index (χ1v) is 8.16. The van der Waals surface area contributed by atoms with Crippen LogP contribution in [0.3, 0.4) is 0 Å². The van der Waals surface area contributed by atoms with Crippen LogP contribution in [0.5, 0.6) is 0 Å². The molecule has 4 heterocycles. The van der Waals surface area contributed by atoms with Crippen molar-refractivity contribution in [1.29, 1.82) is 0 Å². The number of hydrogen-bond acceptors (Lipinski definition) is 5. The maximum Gasteiger partial charge on any atom is 0.182 e. The smallest absolute Gasteiger partial charge is 0.182 e. The molecule has 0 unspecified atom stereocenters. The van der Waals surface area contributed by atoms with Crippen molar-refractivity contribution in [3.63, 3.8) is 0 Å². The maximum atomic E-state index is 4.62. The third-order valence-corrected chi connectivity index (χ3v) is 4.54. The van der Waals surface area contributed by atoms with Crippen LogP contribution in [-0.2, 0) is 0 Å². The normalized spacial score (nSPS) is 18.9. The van der Waals surface area contributed by atoms with E-state index in [9.17, 15) is 0 Å². The number of nitrogens with zero attached hydrogens (tertiary/aromatic N) is 6. The molecule has 7 nitrogen and oxygen atoms in total. The van der Waals surface area contributed by atoms with Crippen LogP contribution in [0, 0.1) is 0 Å². The molecule has 7 heteroatoms. The molecule has 1 aliphatic heterocycles. The van der Waals surface area contributed by atoms with E-state index in [-0.39, 0.29) is 0 Å². The van der Waals surface area contributed by atoms with Gasteiger partial charge in [-0.15, -0.1) is 0 Å². The Hall–Kier alpha value is -2.44. The summed E-state index contributed by atoms with van der Waals surface area (Å²) < 4.78 is 2.28. The Kier molecular flexibility index (Phi) is 3.48. The van der Waals surface area contributed by atoms with E-state index in [2.05, 4.69) is 54.4 Å². The summed E-state index contributed by atoms with van der Waals surface area (Å²) in [6.07, 6.45) is 9.56. The average molecular weight is 311 g/mol. The molecule has 0 saturated carbocycles. The second-order valence-corrected chi connectivity index (χ2v) is 6.37. The van der Waals surface area contributed by atoms with Crippen LogP contribution >= 0.6 is 0 Å². The first-order valence-electron chi connectivity index (χ1n) is 8.16. The molecule has 0 aliphatic carbocycles. The lowest BCUT2D eigenvalue weighted by atomic mass is 9.97. The molecule has 3 aromatic heterocycles. The van der Waals surface area contributed by atoms with Crippen molar-refractivity contribution < 1.29 is 0 Å². The van der Waals surface area contributed by atoms with Crippen molar-refractivity contribution in [3.8, 4) is 0 Å². The molecule has 23 heavy (non-hydrogen) atoms. The second-order valence-electron chi connectivity index (χ2n) is 6.37. The molecule has 4 rings (SSSR count). The molecule has 1 atom stereocenters. The van der Waals surface area contributed by atoms with E-state index >= 15 is 0 Å². The highest BCUT2D eigenvalue weighted by Gasteiger charge is 2.27. The van der Waals surface area contributed by atoms with E-state index in [4.69, 9.17) is 0 Å². The molecular weight excluding hydrogens is 290 g/mol. The SMILES string of the molecule is CC(C)n1ccnc1[C@@H]1CCCN(c2ncnc3nc[nH]c23)C1. The van der Waals surface area contributed by atoms with Crippen molar-refractivity contribution in [2.45, 2.75) is 38.6 Å². The average Bonchev–Trinajstić information content (AvgIpc) is 3.23. The molecule has 0 radical (unpaired) electrons. The third kappa shape index (κ3) is 2.46. The Bertz CT molecular complexity index is 803. The summed E-state index contributed by atoms with van der Waals surface area (Å²) in [5.41, 5.74) is 1.64. The lowest BCUT2D eigenvalue weighted by Gasteiger charge is -2.33. The fraction of sp³-hybridized carbons (Fsp3) is 0.500. The van der Waals surface area contributed by atoms with Gasteiger partial charge in [-0.05, 0) is 26.7 Å². The topological polar surface area (TPSA) is 75.5 Å². The third-order valence-electron chi connectivity index (χ3n) is 4.54. The molecule has 1 fully saturated rings. The molecular formula is C16H21N7. The minimum atomic E-state index is 0.425. The van der Waals surface area contributed by atoms with E-state index in [1.165, 1.54) is 5.82 Å². The molecule has 0 spiro atoms. The van der Waals surface area contributed by atoms with Crippen molar-refractivity contribution in [2.75, 3.05) is 18.0 Å². The Labute approximate surface area is 134 Å². The molecule has 0 bridgehead atoms. The summed E-state index contributed by atoms with van der Waals surface area (Å²) >= 11 is 0. The Morgan fingerprint density at radius 1 is 1.22 bits per heavy atom. The molecule has 120 valence electrons. The second kappa shape index (κ2) is 5.64. The van der Waals surface area contributed by atoms with Gasteiger partial charge < -0.3 is 14.5 Å². The minimum Gasteiger partial charge on any atom is -0.354 e. The first-order chi connectivity index (χ1) is 11.2. The van der Waals surface area contributed by atoms with E-state index in [1.54, 1.807) is 12.7 Å². The molecule has 1 saturated heterocycles. The van der Waals surface area contributed by atoms with Crippen molar-refractivity contribution in [1.82, 2.24) is 29.5 Å². The maximum absolute atomic E-state index is 4.62. The fourth-order valence-electron chi connectivity index (χ4n) is 3.45. The monoisotopic (exact) mass is 311 g/mol. The summed E-state index contributed by atoms with van der Waals surface area (Å²) in [6, 6.07) is 0.432. The summed E-state index contributed by atoms with van der Waals surface area (Å²) in [5.74, 6) is 2.55. The van der Waals surface area contributed by atoms with Crippen molar-refractivity contribution in [3.05, 3.63) is 30.9 Å². The largest absolute Gasteiger partial charge is 0.354 e. The van der Waals surface area contributed by atoms with Gasteiger partial charge in [-0.1, -0.05) is 0 Å². The predicted molar refractivity (Wildman–Crippen MR) is 88.5 cm³/mol. The highest BCUT2D eigenvalue weighted by atomic mass is 15.2. The molecule has 0 amide bonds. The van der Waals surface area contributed by atoms with Crippen LogP contribution in [0.15, 0.2) is 25.0 Å². The van der Waals surface area contributed by atoms with Gasteiger partial charge in [0.1, 0.15) is 17.7 Å². The summed E-state index contributed by atoms with van der Waals surface area (Å²) in [6.45, 7) is 6.33. The minimum absolute atomic E-state index is 0.425. The van der Waals surface area contributed by atoms with Crippen LogP contribution in [0.2, 0.25) is 0 Å². The Morgan fingerprint density at radius 3 is 3.00 bits per heavy atom. The standard InChI is InChI=1S/C16H21N7/c1-11(2)23-7-5-17-15(23)12-4-3-6-22(8-12)16-13-14(19-9-18-13)20-10-21-16/h5,7,9-12H,3-4,6,8H2,1-2H3,(H,18,19,20,21)/t12-/m1/s1. The molecule has 1 N–H and O–H groups in total. The van der Waals surface area contributed by atoms with Gasteiger partial charge in [0.05, 0.1) is 6.33 Å². The van der Waals surface area contributed by atoms with Crippen LogP contribution in [-0.4, -0.2) is 42.6 Å². The highest BCUT2D eigenvalue weighted by Crippen LogP contribution is 2.31. The number of aromatic nitrogens is 6. The van der Waals surface area contributed by atoms with Gasteiger partial charge in [-0.25, -0.2) is 19.9 Å². The van der Waals surface area contributed by atoms with E-state index in [0.717, 1.165) is 42.9 Å². The zero-order valence-corrected chi connectivity index (χ0v) is 13.5. The Morgan fingerprint density at radius 2 is 2.13 bits per heavy atom. The van der Waals surface area contributed by atoms with Crippen molar-refractivity contribution in [2.24, 2.45) is 0 Å². The Balaban J connectivity index is 1.65. The number of nitrogens with one attached hydrogen (secondary N) is 1. The number of imidazole rings is 2. The van der Waals surface area contributed by atoms with Crippen LogP contribution in [0.25, 0.3) is 11.2 Å². The number of hydrogen-bond donors (Lipinski definition) is 1. The fourth-order valence-corrected chi connectivity index (χ4v) is 3.45. The molecule has 3 aromatic rings. The number of H-pyrrole nitrogens is 1. The van der Waals surface area contributed by atoms with E-state index < -0.39 is 0 Å². The number of anilines is 1. The zero-order valence-electron chi connectivity index (χ0n) is 13.5. The van der Waals surface area contributed by atoms with Crippen LogP contribution < -0.4 is 4.90 Å². The number of aromatic amines is 1. The van der Waals surface area contributed by atoms with Crippen molar-refractivity contribution >= 4 is 17.0 Å². The number of piperidine rings is 1.